The molecule has 4 rings (SSSR count). The summed E-state index contributed by atoms with van der Waals surface area (Å²) >= 11 is 0. The molecule has 1 aliphatic rings. The van der Waals surface area contributed by atoms with Crippen molar-refractivity contribution in [2.45, 2.75) is 25.5 Å². The average molecular weight is 377 g/mol. The molecule has 0 unspecified atom stereocenters. The molecule has 1 aromatic carbocycles. The van der Waals surface area contributed by atoms with E-state index >= 15 is 0 Å². The van der Waals surface area contributed by atoms with Crippen LogP contribution < -0.4 is 5.56 Å². The summed E-state index contributed by atoms with van der Waals surface area (Å²) in [6.45, 7) is 1.22. The Balaban J connectivity index is 1.41. The molecule has 144 valence electrons. The largest absolute Gasteiger partial charge is 0.391 e. The third-order valence-electron chi connectivity index (χ3n) is 5.45. The number of aliphatic hydroxyl groups is 1. The van der Waals surface area contributed by atoms with Crippen molar-refractivity contribution in [3.05, 3.63) is 76.8 Å². The smallest absolute Gasteiger partial charge is 0.250 e. The number of aryl methyl sites for hydroxylation is 1. The van der Waals surface area contributed by atoms with Gasteiger partial charge in [0.05, 0.1) is 11.6 Å². The quantitative estimate of drug-likeness (QED) is 0.736. The molecule has 28 heavy (non-hydrogen) atoms. The number of carbonyl (C=O) groups is 1. The second-order valence-corrected chi connectivity index (χ2v) is 7.30. The number of hydrogen-bond acceptors (Lipinski definition) is 4. The van der Waals surface area contributed by atoms with Gasteiger partial charge in [-0.2, -0.15) is 0 Å². The van der Waals surface area contributed by atoms with Crippen LogP contribution in [0.5, 0.6) is 0 Å². The molecular formula is C22H23N3O3. The average Bonchev–Trinajstić information content (AvgIpc) is 3.08. The number of carbonyl (C=O) groups excluding carboxylic acids is 1. The highest BCUT2D eigenvalue weighted by atomic mass is 16.3. The van der Waals surface area contributed by atoms with E-state index in [1.807, 2.05) is 30.3 Å². The number of nitrogens with zero attached hydrogens (tertiary/aromatic N) is 3. The number of hydrogen-bond donors (Lipinski definition) is 1. The van der Waals surface area contributed by atoms with Crippen LogP contribution in [-0.4, -0.2) is 44.7 Å². The standard InChI is InChI=1S/C22H23N3O3/c26-20-15-25(22(28)9-12-24-11-4-3-7-21(24)27)14-17(20)13-16-8-10-23-19-6-2-1-5-18(16)19/h1-8,10-11,17,20,26H,9,12-15H2/t17-,20-/m1/s1. The fraction of sp³-hybridized carbons (Fsp3) is 0.318. The van der Waals surface area contributed by atoms with Gasteiger partial charge >= 0.3 is 0 Å². The molecule has 1 aliphatic heterocycles. The van der Waals surface area contributed by atoms with Crippen molar-refractivity contribution in [1.82, 2.24) is 14.5 Å². The van der Waals surface area contributed by atoms with Crippen LogP contribution >= 0.6 is 0 Å². The third-order valence-corrected chi connectivity index (χ3v) is 5.45. The molecule has 3 aromatic rings. The van der Waals surface area contributed by atoms with Gasteiger partial charge in [0.1, 0.15) is 0 Å². The number of benzene rings is 1. The molecule has 1 N–H and O–H groups in total. The first-order valence-corrected chi connectivity index (χ1v) is 9.56. The van der Waals surface area contributed by atoms with Crippen LogP contribution in [0.15, 0.2) is 65.7 Å². The minimum absolute atomic E-state index is 0.00537. The van der Waals surface area contributed by atoms with Crippen molar-refractivity contribution in [3.8, 4) is 0 Å². The van der Waals surface area contributed by atoms with Gasteiger partial charge in [-0.25, -0.2) is 0 Å². The van der Waals surface area contributed by atoms with Crippen LogP contribution in [0.1, 0.15) is 12.0 Å². The number of para-hydroxylation sites is 1. The molecule has 6 heteroatoms. The highest BCUT2D eigenvalue weighted by molar-refractivity contribution is 5.82. The lowest BCUT2D eigenvalue weighted by Crippen LogP contribution is -2.31. The van der Waals surface area contributed by atoms with E-state index in [9.17, 15) is 14.7 Å². The molecule has 0 spiro atoms. The number of aromatic nitrogens is 2. The number of pyridine rings is 2. The number of rotatable bonds is 5. The van der Waals surface area contributed by atoms with Gasteiger partial charge in [-0.3, -0.25) is 14.6 Å². The van der Waals surface area contributed by atoms with E-state index in [2.05, 4.69) is 4.98 Å². The molecule has 0 bridgehead atoms. The Labute approximate surface area is 163 Å². The molecule has 6 nitrogen and oxygen atoms in total. The predicted octanol–water partition coefficient (Wildman–Crippen LogP) is 1.85. The summed E-state index contributed by atoms with van der Waals surface area (Å²) in [4.78, 5) is 30.4. The summed E-state index contributed by atoms with van der Waals surface area (Å²) in [5.41, 5.74) is 1.97. The number of fused-ring (bicyclic) bond motifs is 1. The van der Waals surface area contributed by atoms with Crippen molar-refractivity contribution in [3.63, 3.8) is 0 Å². The van der Waals surface area contributed by atoms with Crippen LogP contribution in [0.4, 0.5) is 0 Å². The predicted molar refractivity (Wildman–Crippen MR) is 107 cm³/mol. The Kier molecular flexibility index (Phi) is 5.21. The zero-order chi connectivity index (χ0) is 19.5. The van der Waals surface area contributed by atoms with Gasteiger partial charge in [0.25, 0.3) is 5.56 Å². The SMILES string of the molecule is O=C(CCn1ccccc1=O)N1C[C@@H](Cc2ccnc3ccccc23)[C@H](O)C1. The maximum absolute atomic E-state index is 12.6. The third kappa shape index (κ3) is 3.82. The van der Waals surface area contributed by atoms with Gasteiger partial charge in [0.2, 0.25) is 5.91 Å². The van der Waals surface area contributed by atoms with E-state index in [1.165, 1.54) is 10.6 Å². The van der Waals surface area contributed by atoms with E-state index in [0.29, 0.717) is 26.1 Å². The van der Waals surface area contributed by atoms with Gasteiger partial charge in [0.15, 0.2) is 0 Å². The van der Waals surface area contributed by atoms with Gasteiger partial charge in [-0.05, 0) is 30.2 Å². The highest BCUT2D eigenvalue weighted by Gasteiger charge is 2.34. The lowest BCUT2D eigenvalue weighted by Gasteiger charge is -2.17. The summed E-state index contributed by atoms with van der Waals surface area (Å²) in [6, 6.07) is 14.9. The van der Waals surface area contributed by atoms with E-state index in [1.54, 1.807) is 29.4 Å². The second-order valence-electron chi connectivity index (χ2n) is 7.30. The van der Waals surface area contributed by atoms with Gasteiger partial charge < -0.3 is 14.6 Å². The second kappa shape index (κ2) is 7.94. The van der Waals surface area contributed by atoms with Gasteiger partial charge in [-0.15, -0.1) is 0 Å². The summed E-state index contributed by atoms with van der Waals surface area (Å²) in [5.74, 6) is -0.0360. The van der Waals surface area contributed by atoms with E-state index in [0.717, 1.165) is 16.5 Å². The fourth-order valence-corrected chi connectivity index (χ4v) is 3.89. The molecule has 1 saturated heterocycles. The topological polar surface area (TPSA) is 75.4 Å². The first-order chi connectivity index (χ1) is 13.6. The number of aliphatic hydroxyl groups excluding tert-OH is 1. The monoisotopic (exact) mass is 377 g/mol. The minimum Gasteiger partial charge on any atom is -0.391 e. The number of β-amino-alcohol motifs (C(OH)–C–C–N with tert-alkyl or cyclic N) is 1. The Hall–Kier alpha value is -2.99. The molecule has 3 heterocycles. The number of likely N-dealkylation sites (tertiary alicyclic amines) is 1. The summed E-state index contributed by atoms with van der Waals surface area (Å²) in [5, 5.41) is 11.6. The Morgan fingerprint density at radius 2 is 1.93 bits per heavy atom. The van der Waals surface area contributed by atoms with Crippen LogP contribution in [0.25, 0.3) is 10.9 Å². The van der Waals surface area contributed by atoms with Crippen LogP contribution in [0, 0.1) is 5.92 Å². The molecule has 2 atom stereocenters. The van der Waals surface area contributed by atoms with Gasteiger partial charge in [-0.1, -0.05) is 24.3 Å². The molecule has 2 aromatic heterocycles. The van der Waals surface area contributed by atoms with E-state index in [-0.39, 0.29) is 23.8 Å². The van der Waals surface area contributed by atoms with E-state index in [4.69, 9.17) is 0 Å². The molecular weight excluding hydrogens is 354 g/mol. The Bertz CT molecular complexity index is 1040. The first-order valence-electron chi connectivity index (χ1n) is 9.56. The molecule has 0 aliphatic carbocycles. The van der Waals surface area contributed by atoms with Crippen molar-refractivity contribution in [2.24, 2.45) is 5.92 Å². The van der Waals surface area contributed by atoms with Crippen molar-refractivity contribution >= 4 is 16.8 Å². The minimum atomic E-state index is -0.546. The van der Waals surface area contributed by atoms with Crippen molar-refractivity contribution in [2.75, 3.05) is 13.1 Å². The molecule has 1 fully saturated rings. The van der Waals surface area contributed by atoms with Gasteiger partial charge in [0, 0.05) is 55.8 Å². The summed E-state index contributed by atoms with van der Waals surface area (Å²) in [6.07, 6.45) is 3.88. The maximum atomic E-state index is 12.6. The Morgan fingerprint density at radius 3 is 2.79 bits per heavy atom. The van der Waals surface area contributed by atoms with Crippen LogP contribution in [0.2, 0.25) is 0 Å². The maximum Gasteiger partial charge on any atom is 0.250 e. The Morgan fingerprint density at radius 1 is 1.11 bits per heavy atom. The van der Waals surface area contributed by atoms with Crippen molar-refractivity contribution < 1.29 is 9.90 Å². The highest BCUT2D eigenvalue weighted by Crippen LogP contribution is 2.25. The van der Waals surface area contributed by atoms with Crippen LogP contribution in [0.3, 0.4) is 0 Å². The normalized spacial score (nSPS) is 19.2. The summed E-state index contributed by atoms with van der Waals surface area (Å²) in [7, 11) is 0. The summed E-state index contributed by atoms with van der Waals surface area (Å²) < 4.78 is 1.53. The zero-order valence-corrected chi connectivity index (χ0v) is 15.6. The first kappa shape index (κ1) is 18.4. The van der Waals surface area contributed by atoms with Crippen LogP contribution in [-0.2, 0) is 17.8 Å². The lowest BCUT2D eigenvalue weighted by molar-refractivity contribution is -0.130. The fourth-order valence-electron chi connectivity index (χ4n) is 3.89. The lowest BCUT2D eigenvalue weighted by atomic mass is 9.94. The van der Waals surface area contributed by atoms with E-state index < -0.39 is 6.10 Å². The molecule has 0 radical (unpaired) electrons. The zero-order valence-electron chi connectivity index (χ0n) is 15.6. The molecule has 1 amide bonds. The van der Waals surface area contributed by atoms with Crippen molar-refractivity contribution in [1.29, 1.82) is 0 Å². The number of amides is 1. The molecule has 0 saturated carbocycles.